The zero-order chi connectivity index (χ0) is 11.1. The molecule has 0 fully saturated rings. The maximum atomic E-state index is 11.2. The molecule has 80 valence electrons. The van der Waals surface area contributed by atoms with E-state index in [1.54, 1.807) is 6.20 Å². The molecule has 2 aromatic rings. The molecule has 0 unspecified atom stereocenters. The molecule has 0 aliphatic carbocycles. The SMILES string of the molecule is NC(=O)N1NCc2c1ccc1ncncc21. The lowest BCUT2D eigenvalue weighted by atomic mass is 10.1. The van der Waals surface area contributed by atoms with Gasteiger partial charge in [-0.25, -0.2) is 25.2 Å². The number of urea groups is 1. The number of nitrogens with zero attached hydrogens (tertiary/aromatic N) is 3. The highest BCUT2D eigenvalue weighted by atomic mass is 16.2. The summed E-state index contributed by atoms with van der Waals surface area (Å²) in [5.74, 6) is 0. The van der Waals surface area contributed by atoms with Gasteiger partial charge in [0.2, 0.25) is 0 Å². The number of amides is 2. The molecule has 0 saturated carbocycles. The van der Waals surface area contributed by atoms with Crippen LogP contribution in [-0.2, 0) is 6.54 Å². The molecule has 0 bridgehead atoms. The number of hydrogen-bond acceptors (Lipinski definition) is 4. The second-order valence-electron chi connectivity index (χ2n) is 3.53. The first kappa shape index (κ1) is 9.05. The first-order chi connectivity index (χ1) is 7.77. The summed E-state index contributed by atoms with van der Waals surface area (Å²) in [7, 11) is 0. The van der Waals surface area contributed by atoms with Gasteiger partial charge in [-0.15, -0.1) is 0 Å². The van der Waals surface area contributed by atoms with Crippen LogP contribution >= 0.6 is 0 Å². The summed E-state index contributed by atoms with van der Waals surface area (Å²) in [4.78, 5) is 19.3. The number of carbonyl (C=O) groups excluding carboxylic acids is 1. The minimum absolute atomic E-state index is 0.519. The summed E-state index contributed by atoms with van der Waals surface area (Å²) in [6.45, 7) is 0.559. The van der Waals surface area contributed by atoms with Crippen molar-refractivity contribution in [2.45, 2.75) is 6.54 Å². The molecule has 1 aliphatic rings. The van der Waals surface area contributed by atoms with Crippen LogP contribution in [0.3, 0.4) is 0 Å². The van der Waals surface area contributed by atoms with Crippen LogP contribution in [0, 0.1) is 0 Å². The summed E-state index contributed by atoms with van der Waals surface area (Å²) in [6, 6.07) is 3.16. The zero-order valence-corrected chi connectivity index (χ0v) is 8.34. The van der Waals surface area contributed by atoms with Gasteiger partial charge in [-0.1, -0.05) is 0 Å². The van der Waals surface area contributed by atoms with E-state index < -0.39 is 6.03 Å². The van der Waals surface area contributed by atoms with Gasteiger partial charge in [-0.3, -0.25) is 0 Å². The van der Waals surface area contributed by atoms with Crippen molar-refractivity contribution in [1.82, 2.24) is 15.4 Å². The lowest BCUT2D eigenvalue weighted by Crippen LogP contribution is -2.41. The highest BCUT2D eigenvalue weighted by Crippen LogP contribution is 2.30. The van der Waals surface area contributed by atoms with E-state index in [2.05, 4.69) is 15.4 Å². The Hall–Kier alpha value is -2.21. The van der Waals surface area contributed by atoms with Crippen molar-refractivity contribution in [1.29, 1.82) is 0 Å². The fourth-order valence-electron chi connectivity index (χ4n) is 1.94. The number of nitrogens with two attached hydrogens (primary N) is 1. The smallest absolute Gasteiger partial charge is 0.333 e. The van der Waals surface area contributed by atoms with Gasteiger partial charge < -0.3 is 5.73 Å². The van der Waals surface area contributed by atoms with E-state index in [0.29, 0.717) is 6.54 Å². The molecule has 6 nitrogen and oxygen atoms in total. The number of fused-ring (bicyclic) bond motifs is 3. The number of benzene rings is 1. The van der Waals surface area contributed by atoms with Crippen LogP contribution in [0.1, 0.15) is 5.56 Å². The molecular weight excluding hydrogens is 206 g/mol. The fourth-order valence-corrected chi connectivity index (χ4v) is 1.94. The zero-order valence-electron chi connectivity index (χ0n) is 8.34. The van der Waals surface area contributed by atoms with Gasteiger partial charge in [-0.05, 0) is 12.1 Å². The lowest BCUT2D eigenvalue weighted by Gasteiger charge is -2.13. The van der Waals surface area contributed by atoms with E-state index in [1.807, 2.05) is 12.1 Å². The summed E-state index contributed by atoms with van der Waals surface area (Å²) in [5.41, 5.74) is 10.8. The normalized spacial score (nSPS) is 14.1. The predicted molar refractivity (Wildman–Crippen MR) is 58.4 cm³/mol. The van der Waals surface area contributed by atoms with Gasteiger partial charge in [-0.2, -0.15) is 0 Å². The molecule has 0 saturated heterocycles. The highest BCUT2D eigenvalue weighted by Gasteiger charge is 2.24. The van der Waals surface area contributed by atoms with E-state index in [0.717, 1.165) is 22.2 Å². The van der Waals surface area contributed by atoms with Gasteiger partial charge in [0.15, 0.2) is 0 Å². The monoisotopic (exact) mass is 215 g/mol. The van der Waals surface area contributed by atoms with Crippen LogP contribution in [0.25, 0.3) is 10.9 Å². The van der Waals surface area contributed by atoms with Crippen LogP contribution in [0.15, 0.2) is 24.7 Å². The van der Waals surface area contributed by atoms with Crippen molar-refractivity contribution in [2.75, 3.05) is 5.01 Å². The maximum absolute atomic E-state index is 11.2. The fraction of sp³-hybridized carbons (Fsp3) is 0.100. The molecule has 0 spiro atoms. The molecule has 1 aromatic carbocycles. The Balaban J connectivity index is 2.26. The molecule has 1 aromatic heterocycles. The Morgan fingerprint density at radius 1 is 1.50 bits per heavy atom. The van der Waals surface area contributed by atoms with Crippen LogP contribution in [0.2, 0.25) is 0 Å². The largest absolute Gasteiger partial charge is 0.350 e. The third-order valence-corrected chi connectivity index (χ3v) is 2.65. The maximum Gasteiger partial charge on any atom is 0.333 e. The second kappa shape index (κ2) is 3.14. The quantitative estimate of drug-likeness (QED) is 0.671. The van der Waals surface area contributed by atoms with E-state index in [9.17, 15) is 4.79 Å². The first-order valence-electron chi connectivity index (χ1n) is 4.82. The Morgan fingerprint density at radius 2 is 2.38 bits per heavy atom. The van der Waals surface area contributed by atoms with E-state index in [-0.39, 0.29) is 0 Å². The lowest BCUT2D eigenvalue weighted by molar-refractivity contribution is 0.252. The Kier molecular flexibility index (Phi) is 1.78. The minimum atomic E-state index is -0.519. The molecule has 6 heteroatoms. The summed E-state index contributed by atoms with van der Waals surface area (Å²) in [6.07, 6.45) is 3.25. The van der Waals surface area contributed by atoms with Gasteiger partial charge in [0.05, 0.1) is 11.2 Å². The molecule has 0 atom stereocenters. The number of carbonyl (C=O) groups is 1. The van der Waals surface area contributed by atoms with E-state index in [1.165, 1.54) is 11.3 Å². The Labute approximate surface area is 91.1 Å². The predicted octanol–water partition coefficient (Wildman–Crippen LogP) is 0.533. The molecule has 2 amide bonds. The average molecular weight is 215 g/mol. The van der Waals surface area contributed by atoms with Crippen molar-refractivity contribution in [3.8, 4) is 0 Å². The Morgan fingerprint density at radius 3 is 3.19 bits per heavy atom. The van der Waals surface area contributed by atoms with Crippen molar-refractivity contribution in [3.63, 3.8) is 0 Å². The average Bonchev–Trinajstić information content (AvgIpc) is 2.73. The molecule has 2 heterocycles. The number of hydrazine groups is 1. The number of anilines is 1. The first-order valence-corrected chi connectivity index (χ1v) is 4.82. The highest BCUT2D eigenvalue weighted by molar-refractivity contribution is 5.97. The van der Waals surface area contributed by atoms with Crippen LogP contribution in [0.5, 0.6) is 0 Å². The topological polar surface area (TPSA) is 84.1 Å². The Bertz CT molecular complexity index is 582. The molecule has 1 aliphatic heterocycles. The summed E-state index contributed by atoms with van der Waals surface area (Å²) >= 11 is 0. The summed E-state index contributed by atoms with van der Waals surface area (Å²) < 4.78 is 0. The third-order valence-electron chi connectivity index (χ3n) is 2.65. The molecule has 16 heavy (non-hydrogen) atoms. The number of rotatable bonds is 0. The minimum Gasteiger partial charge on any atom is -0.350 e. The van der Waals surface area contributed by atoms with Crippen molar-refractivity contribution < 1.29 is 4.79 Å². The number of aromatic nitrogens is 2. The van der Waals surface area contributed by atoms with Crippen molar-refractivity contribution >= 4 is 22.6 Å². The standard InChI is InChI=1S/C10H9N5O/c11-10(16)15-9-2-1-8-6(3-12-5-13-8)7(9)4-14-15/h1-3,5,14H,4H2,(H2,11,16). The molecule has 0 radical (unpaired) electrons. The third kappa shape index (κ3) is 1.13. The van der Waals surface area contributed by atoms with E-state index >= 15 is 0 Å². The number of hydrogen-bond donors (Lipinski definition) is 2. The van der Waals surface area contributed by atoms with E-state index in [4.69, 9.17) is 5.73 Å². The van der Waals surface area contributed by atoms with Crippen molar-refractivity contribution in [2.24, 2.45) is 5.73 Å². The molecular formula is C10H9N5O. The molecule has 3 rings (SSSR count). The van der Waals surface area contributed by atoms with Crippen LogP contribution < -0.4 is 16.2 Å². The number of nitrogens with one attached hydrogen (secondary N) is 1. The van der Waals surface area contributed by atoms with Gasteiger partial charge >= 0.3 is 6.03 Å². The van der Waals surface area contributed by atoms with Gasteiger partial charge in [0.25, 0.3) is 0 Å². The number of primary amides is 1. The van der Waals surface area contributed by atoms with Gasteiger partial charge in [0.1, 0.15) is 6.33 Å². The second-order valence-corrected chi connectivity index (χ2v) is 3.53. The van der Waals surface area contributed by atoms with Crippen LogP contribution in [-0.4, -0.2) is 16.0 Å². The van der Waals surface area contributed by atoms with Gasteiger partial charge in [0, 0.05) is 23.7 Å². The molecule has 3 N–H and O–H groups in total. The summed E-state index contributed by atoms with van der Waals surface area (Å²) in [5, 5.41) is 2.28. The van der Waals surface area contributed by atoms with Crippen molar-refractivity contribution in [3.05, 3.63) is 30.2 Å². The van der Waals surface area contributed by atoms with Crippen LogP contribution in [0.4, 0.5) is 10.5 Å².